The van der Waals surface area contributed by atoms with Gasteiger partial charge in [-0.1, -0.05) is 28.1 Å². The van der Waals surface area contributed by atoms with Crippen LogP contribution in [0.3, 0.4) is 0 Å². The average molecular weight is 319 g/mol. The highest BCUT2D eigenvalue weighted by Gasteiger charge is 2.07. The van der Waals surface area contributed by atoms with E-state index in [1.165, 1.54) is 6.07 Å². The number of aromatic nitrogens is 1. The molecular formula is C15H12BrFN2. The Morgan fingerprint density at radius 3 is 2.79 bits per heavy atom. The fourth-order valence-electron chi connectivity index (χ4n) is 2.22. The molecule has 0 saturated heterocycles. The fraction of sp³-hybridized carbons (Fsp3) is 0.0667. The maximum absolute atomic E-state index is 13.9. The Labute approximate surface area is 118 Å². The largest absolute Gasteiger partial charge is 0.398 e. The Balaban J connectivity index is 2.04. The minimum absolute atomic E-state index is 0.208. The van der Waals surface area contributed by atoms with Crippen molar-refractivity contribution in [3.8, 4) is 0 Å². The topological polar surface area (TPSA) is 30.9 Å². The van der Waals surface area contributed by atoms with E-state index in [-0.39, 0.29) is 5.82 Å². The predicted octanol–water partition coefficient (Wildman–Crippen LogP) is 4.17. The van der Waals surface area contributed by atoms with E-state index in [0.29, 0.717) is 12.1 Å². The monoisotopic (exact) mass is 318 g/mol. The van der Waals surface area contributed by atoms with E-state index in [1.807, 2.05) is 41.1 Å². The van der Waals surface area contributed by atoms with E-state index in [9.17, 15) is 4.39 Å². The highest BCUT2D eigenvalue weighted by molar-refractivity contribution is 9.10. The van der Waals surface area contributed by atoms with Gasteiger partial charge in [-0.25, -0.2) is 4.39 Å². The number of hydrogen-bond acceptors (Lipinski definition) is 1. The number of rotatable bonds is 2. The number of benzene rings is 2. The van der Waals surface area contributed by atoms with Gasteiger partial charge in [0.25, 0.3) is 0 Å². The zero-order valence-corrected chi connectivity index (χ0v) is 11.7. The summed E-state index contributed by atoms with van der Waals surface area (Å²) in [7, 11) is 0. The van der Waals surface area contributed by atoms with Gasteiger partial charge in [-0.3, -0.25) is 0 Å². The van der Waals surface area contributed by atoms with Crippen LogP contribution in [0.25, 0.3) is 10.9 Å². The van der Waals surface area contributed by atoms with Gasteiger partial charge < -0.3 is 10.3 Å². The van der Waals surface area contributed by atoms with Crippen molar-refractivity contribution >= 4 is 32.5 Å². The van der Waals surface area contributed by atoms with Crippen molar-refractivity contribution in [3.63, 3.8) is 0 Å². The summed E-state index contributed by atoms with van der Waals surface area (Å²) < 4.78 is 16.6. The third-order valence-corrected chi connectivity index (χ3v) is 3.70. The molecule has 0 aliphatic carbocycles. The van der Waals surface area contributed by atoms with Gasteiger partial charge in [-0.2, -0.15) is 0 Å². The smallest absolute Gasteiger partial charge is 0.129 e. The molecule has 0 amide bonds. The third-order valence-electron chi connectivity index (χ3n) is 3.20. The Morgan fingerprint density at radius 2 is 2.00 bits per heavy atom. The normalized spacial score (nSPS) is 11.1. The SMILES string of the molecule is Nc1cccc2c1ccn2Cc1ccc(Br)cc1F. The van der Waals surface area contributed by atoms with Crippen LogP contribution < -0.4 is 5.73 Å². The molecule has 2 nitrogen and oxygen atoms in total. The van der Waals surface area contributed by atoms with Crippen LogP contribution in [0.2, 0.25) is 0 Å². The fourth-order valence-corrected chi connectivity index (χ4v) is 2.55. The molecule has 0 aliphatic heterocycles. The lowest BCUT2D eigenvalue weighted by Gasteiger charge is -2.07. The molecule has 2 aromatic carbocycles. The van der Waals surface area contributed by atoms with Crippen LogP contribution in [0, 0.1) is 5.82 Å². The number of nitrogens with two attached hydrogens (primary N) is 1. The molecule has 0 fully saturated rings. The maximum atomic E-state index is 13.9. The highest BCUT2D eigenvalue weighted by atomic mass is 79.9. The molecule has 0 radical (unpaired) electrons. The van der Waals surface area contributed by atoms with Gasteiger partial charge in [0.05, 0.1) is 12.1 Å². The van der Waals surface area contributed by atoms with Crippen molar-refractivity contribution < 1.29 is 4.39 Å². The van der Waals surface area contributed by atoms with Crippen molar-refractivity contribution in [2.45, 2.75) is 6.54 Å². The van der Waals surface area contributed by atoms with Crippen LogP contribution in [0.15, 0.2) is 53.1 Å². The molecule has 1 heterocycles. The predicted molar refractivity (Wildman–Crippen MR) is 79.6 cm³/mol. The first kappa shape index (κ1) is 12.2. The van der Waals surface area contributed by atoms with E-state index < -0.39 is 0 Å². The Kier molecular flexibility index (Phi) is 3.03. The third kappa shape index (κ3) is 2.24. The van der Waals surface area contributed by atoms with Crippen molar-refractivity contribution in [1.82, 2.24) is 4.57 Å². The Bertz CT molecular complexity index is 749. The number of halogens is 2. The summed E-state index contributed by atoms with van der Waals surface area (Å²) in [4.78, 5) is 0. The van der Waals surface area contributed by atoms with Crippen LogP contribution in [0.4, 0.5) is 10.1 Å². The zero-order chi connectivity index (χ0) is 13.4. The number of nitrogens with zero attached hydrogens (tertiary/aromatic N) is 1. The summed E-state index contributed by atoms with van der Waals surface area (Å²) in [5.74, 6) is -0.208. The zero-order valence-electron chi connectivity index (χ0n) is 10.1. The van der Waals surface area contributed by atoms with Crippen LogP contribution in [-0.4, -0.2) is 4.57 Å². The van der Waals surface area contributed by atoms with E-state index in [1.54, 1.807) is 6.07 Å². The first-order valence-electron chi connectivity index (χ1n) is 5.92. The standard InChI is InChI=1S/C15H12BrFN2/c16-11-5-4-10(13(17)8-11)9-19-7-6-12-14(18)2-1-3-15(12)19/h1-8H,9,18H2. The van der Waals surface area contributed by atoms with Crippen LogP contribution in [0.5, 0.6) is 0 Å². The number of hydrogen-bond donors (Lipinski definition) is 1. The molecule has 3 rings (SSSR count). The minimum atomic E-state index is -0.208. The minimum Gasteiger partial charge on any atom is -0.398 e. The summed E-state index contributed by atoms with van der Waals surface area (Å²) in [6.45, 7) is 0.492. The summed E-state index contributed by atoms with van der Waals surface area (Å²) in [6, 6.07) is 12.8. The summed E-state index contributed by atoms with van der Waals surface area (Å²) in [5.41, 5.74) is 8.33. The average Bonchev–Trinajstić information content (AvgIpc) is 2.78. The lowest BCUT2D eigenvalue weighted by molar-refractivity contribution is 0.601. The molecule has 3 aromatic rings. The first-order chi connectivity index (χ1) is 9.15. The van der Waals surface area contributed by atoms with Gasteiger partial charge in [0.2, 0.25) is 0 Å². The lowest BCUT2D eigenvalue weighted by atomic mass is 10.2. The number of fused-ring (bicyclic) bond motifs is 1. The van der Waals surface area contributed by atoms with Crippen LogP contribution >= 0.6 is 15.9 Å². The summed E-state index contributed by atoms with van der Waals surface area (Å²) >= 11 is 3.26. The molecule has 4 heteroatoms. The lowest BCUT2D eigenvalue weighted by Crippen LogP contribution is -2.00. The molecular weight excluding hydrogens is 307 g/mol. The molecule has 0 atom stereocenters. The second-order valence-corrected chi connectivity index (χ2v) is 5.38. The number of nitrogen functional groups attached to an aromatic ring is 1. The van der Waals surface area contributed by atoms with Crippen molar-refractivity contribution in [2.75, 3.05) is 5.73 Å². The van der Waals surface area contributed by atoms with Crippen molar-refractivity contribution in [1.29, 1.82) is 0 Å². The molecule has 2 N–H and O–H groups in total. The van der Waals surface area contributed by atoms with Crippen molar-refractivity contribution in [3.05, 3.63) is 64.5 Å². The van der Waals surface area contributed by atoms with Gasteiger partial charge in [0.1, 0.15) is 5.82 Å². The quantitative estimate of drug-likeness (QED) is 0.706. The second kappa shape index (κ2) is 4.70. The van der Waals surface area contributed by atoms with Crippen LogP contribution in [0.1, 0.15) is 5.56 Å². The van der Waals surface area contributed by atoms with Gasteiger partial charge >= 0.3 is 0 Å². The van der Waals surface area contributed by atoms with Crippen molar-refractivity contribution in [2.24, 2.45) is 0 Å². The molecule has 0 bridgehead atoms. The highest BCUT2D eigenvalue weighted by Crippen LogP contribution is 2.24. The number of anilines is 1. The molecule has 0 spiro atoms. The molecule has 0 saturated carbocycles. The van der Waals surface area contributed by atoms with Gasteiger partial charge in [-0.05, 0) is 30.3 Å². The first-order valence-corrected chi connectivity index (χ1v) is 6.72. The maximum Gasteiger partial charge on any atom is 0.129 e. The molecule has 0 unspecified atom stereocenters. The van der Waals surface area contributed by atoms with Crippen LogP contribution in [-0.2, 0) is 6.54 Å². The van der Waals surface area contributed by atoms with E-state index in [2.05, 4.69) is 15.9 Å². The van der Waals surface area contributed by atoms with Gasteiger partial charge in [-0.15, -0.1) is 0 Å². The van der Waals surface area contributed by atoms with E-state index >= 15 is 0 Å². The summed E-state index contributed by atoms with van der Waals surface area (Å²) in [6.07, 6.45) is 1.93. The molecule has 1 aromatic heterocycles. The second-order valence-electron chi connectivity index (χ2n) is 4.46. The Morgan fingerprint density at radius 1 is 1.16 bits per heavy atom. The van der Waals surface area contributed by atoms with Gasteiger partial charge in [0, 0.05) is 27.3 Å². The van der Waals surface area contributed by atoms with Gasteiger partial charge in [0.15, 0.2) is 0 Å². The van der Waals surface area contributed by atoms with E-state index in [0.717, 1.165) is 21.1 Å². The van der Waals surface area contributed by atoms with E-state index in [4.69, 9.17) is 5.73 Å². The summed E-state index contributed by atoms with van der Waals surface area (Å²) in [5, 5.41) is 1.00. The Hall–Kier alpha value is -1.81. The molecule has 19 heavy (non-hydrogen) atoms. The molecule has 96 valence electrons. The molecule has 0 aliphatic rings.